The van der Waals surface area contributed by atoms with Gasteiger partial charge in [0.2, 0.25) is 0 Å². The molecule has 0 saturated heterocycles. The summed E-state index contributed by atoms with van der Waals surface area (Å²) >= 11 is 0. The Kier molecular flexibility index (Phi) is 3.10. The summed E-state index contributed by atoms with van der Waals surface area (Å²) in [4.78, 5) is 27.7. The average molecular weight is 343 g/mol. The lowest BCUT2D eigenvalue weighted by Gasteiger charge is -2.19. The number of H-pyrrole nitrogens is 2. The van der Waals surface area contributed by atoms with E-state index in [-0.39, 0.29) is 10.4 Å². The van der Waals surface area contributed by atoms with Crippen LogP contribution in [0.4, 0.5) is 5.69 Å². The lowest BCUT2D eigenvalue weighted by Crippen LogP contribution is -2.30. The second kappa shape index (κ2) is 5.07. The fraction of sp³-hybridized carbons (Fsp3) is 0.125. The van der Waals surface area contributed by atoms with Crippen molar-refractivity contribution in [2.45, 2.75) is 11.3 Å². The van der Waals surface area contributed by atoms with E-state index in [1.807, 2.05) is 12.1 Å². The highest BCUT2D eigenvalue weighted by Gasteiger charge is 2.30. The fourth-order valence-electron chi connectivity index (χ4n) is 2.94. The van der Waals surface area contributed by atoms with Crippen LogP contribution in [0, 0.1) is 0 Å². The van der Waals surface area contributed by atoms with Crippen molar-refractivity contribution in [3.63, 3.8) is 0 Å². The molecule has 0 atom stereocenters. The van der Waals surface area contributed by atoms with Crippen LogP contribution >= 0.6 is 0 Å². The summed E-state index contributed by atoms with van der Waals surface area (Å²) in [6.45, 7) is 0.377. The van der Waals surface area contributed by atoms with E-state index in [1.165, 1.54) is 22.5 Å². The molecule has 0 aliphatic carbocycles. The zero-order chi connectivity index (χ0) is 16.9. The van der Waals surface area contributed by atoms with Crippen molar-refractivity contribution in [1.82, 2.24) is 9.97 Å². The topological polar surface area (TPSA) is 103 Å². The standard InChI is InChI=1S/C16H13N3O4S/c20-15-16(21)18-13-9-11(5-6-12(13)17-15)24(22,23)19-8-7-10-3-1-2-4-14(10)19/h1-6,9H,7-8H2,(H,17,20)(H,18,21). The van der Waals surface area contributed by atoms with E-state index in [0.29, 0.717) is 24.2 Å². The van der Waals surface area contributed by atoms with E-state index in [2.05, 4.69) is 9.97 Å². The zero-order valence-corrected chi connectivity index (χ0v) is 13.3. The van der Waals surface area contributed by atoms with Crippen LogP contribution in [-0.4, -0.2) is 24.9 Å². The van der Waals surface area contributed by atoms with Crippen molar-refractivity contribution >= 4 is 26.7 Å². The highest BCUT2D eigenvalue weighted by molar-refractivity contribution is 7.92. The number of anilines is 1. The summed E-state index contributed by atoms with van der Waals surface area (Å²) < 4.78 is 27.3. The predicted molar refractivity (Wildman–Crippen MR) is 89.9 cm³/mol. The molecule has 3 aromatic rings. The van der Waals surface area contributed by atoms with Crippen molar-refractivity contribution in [3.05, 3.63) is 68.7 Å². The second-order valence-electron chi connectivity index (χ2n) is 5.57. The summed E-state index contributed by atoms with van der Waals surface area (Å²) in [7, 11) is -3.75. The van der Waals surface area contributed by atoms with Crippen molar-refractivity contribution in [3.8, 4) is 0 Å². The monoisotopic (exact) mass is 343 g/mol. The van der Waals surface area contributed by atoms with Gasteiger partial charge < -0.3 is 9.97 Å². The summed E-state index contributed by atoms with van der Waals surface area (Å²) in [5.41, 5.74) is 0.718. The molecule has 0 fully saturated rings. The summed E-state index contributed by atoms with van der Waals surface area (Å²) in [5.74, 6) is 0. The number of fused-ring (bicyclic) bond motifs is 2. The molecule has 4 rings (SSSR count). The van der Waals surface area contributed by atoms with Crippen molar-refractivity contribution in [2.24, 2.45) is 0 Å². The number of sulfonamides is 1. The Hall–Kier alpha value is -2.87. The van der Waals surface area contributed by atoms with Gasteiger partial charge in [-0.1, -0.05) is 18.2 Å². The molecule has 24 heavy (non-hydrogen) atoms. The smallest absolute Gasteiger partial charge is 0.314 e. The van der Waals surface area contributed by atoms with E-state index in [9.17, 15) is 18.0 Å². The third kappa shape index (κ3) is 2.15. The van der Waals surface area contributed by atoms with Crippen molar-refractivity contribution in [1.29, 1.82) is 0 Å². The highest BCUT2D eigenvalue weighted by Crippen LogP contribution is 2.32. The van der Waals surface area contributed by atoms with Crippen LogP contribution in [0.25, 0.3) is 11.0 Å². The Labute approximate surface area is 136 Å². The van der Waals surface area contributed by atoms with Crippen LogP contribution in [0.15, 0.2) is 56.9 Å². The zero-order valence-electron chi connectivity index (χ0n) is 12.4. The van der Waals surface area contributed by atoms with Crippen LogP contribution in [-0.2, 0) is 16.4 Å². The first-order chi connectivity index (χ1) is 11.5. The van der Waals surface area contributed by atoms with Gasteiger partial charge >= 0.3 is 11.1 Å². The van der Waals surface area contributed by atoms with E-state index >= 15 is 0 Å². The van der Waals surface area contributed by atoms with Crippen molar-refractivity contribution < 1.29 is 8.42 Å². The van der Waals surface area contributed by atoms with Gasteiger partial charge in [0.05, 0.1) is 21.6 Å². The van der Waals surface area contributed by atoms with Gasteiger partial charge in [0.1, 0.15) is 0 Å². The van der Waals surface area contributed by atoms with Gasteiger partial charge in [0.15, 0.2) is 0 Å². The third-order valence-corrected chi connectivity index (χ3v) is 5.94. The second-order valence-corrected chi connectivity index (χ2v) is 7.43. The largest absolute Gasteiger partial charge is 0.316 e. The molecule has 0 bridgehead atoms. The number of para-hydroxylation sites is 1. The van der Waals surface area contributed by atoms with Gasteiger partial charge in [-0.2, -0.15) is 0 Å². The molecular formula is C16H13N3O4S. The number of aromatic amines is 2. The molecule has 0 spiro atoms. The molecule has 7 nitrogen and oxygen atoms in total. The first-order valence-corrected chi connectivity index (χ1v) is 8.78. The number of rotatable bonds is 2. The Bertz CT molecular complexity index is 1180. The molecule has 8 heteroatoms. The lowest BCUT2D eigenvalue weighted by atomic mass is 10.2. The van der Waals surface area contributed by atoms with Crippen LogP contribution < -0.4 is 15.4 Å². The first kappa shape index (κ1) is 14.7. The van der Waals surface area contributed by atoms with Gasteiger partial charge in [-0.05, 0) is 36.2 Å². The molecular weight excluding hydrogens is 330 g/mol. The normalized spacial score (nSPS) is 14.1. The van der Waals surface area contributed by atoms with Gasteiger partial charge in [-0.3, -0.25) is 13.9 Å². The highest BCUT2D eigenvalue weighted by atomic mass is 32.2. The van der Waals surface area contributed by atoms with E-state index in [0.717, 1.165) is 5.56 Å². The van der Waals surface area contributed by atoms with E-state index < -0.39 is 21.1 Å². The van der Waals surface area contributed by atoms with E-state index in [1.54, 1.807) is 12.1 Å². The molecule has 1 aliphatic rings. The molecule has 1 aliphatic heterocycles. The lowest BCUT2D eigenvalue weighted by molar-refractivity contribution is 0.592. The van der Waals surface area contributed by atoms with Gasteiger partial charge in [-0.25, -0.2) is 8.42 Å². The summed E-state index contributed by atoms with van der Waals surface area (Å²) in [6, 6.07) is 11.6. The number of nitrogens with zero attached hydrogens (tertiary/aromatic N) is 1. The number of hydrogen-bond donors (Lipinski definition) is 2. The van der Waals surface area contributed by atoms with Gasteiger partial charge in [-0.15, -0.1) is 0 Å². The Balaban J connectivity index is 1.86. The minimum absolute atomic E-state index is 0.0643. The predicted octanol–water partition coefficient (Wildman–Crippen LogP) is 0.968. The number of aromatic nitrogens is 2. The summed E-state index contributed by atoms with van der Waals surface area (Å²) in [5, 5.41) is 0. The molecule has 2 heterocycles. The van der Waals surface area contributed by atoms with Gasteiger partial charge in [0.25, 0.3) is 10.0 Å². The Morgan fingerprint density at radius 2 is 1.62 bits per heavy atom. The third-order valence-electron chi connectivity index (χ3n) is 4.13. The molecule has 2 aromatic carbocycles. The fourth-order valence-corrected chi connectivity index (χ4v) is 4.47. The van der Waals surface area contributed by atoms with Gasteiger partial charge in [0, 0.05) is 6.54 Å². The Morgan fingerprint density at radius 1 is 0.917 bits per heavy atom. The Morgan fingerprint density at radius 3 is 2.42 bits per heavy atom. The molecule has 122 valence electrons. The molecule has 0 saturated carbocycles. The number of benzene rings is 2. The molecule has 0 unspecified atom stereocenters. The molecule has 2 N–H and O–H groups in total. The van der Waals surface area contributed by atoms with E-state index in [4.69, 9.17) is 0 Å². The van der Waals surface area contributed by atoms with Crippen LogP contribution in [0.3, 0.4) is 0 Å². The van der Waals surface area contributed by atoms with Crippen LogP contribution in [0.5, 0.6) is 0 Å². The van der Waals surface area contributed by atoms with Crippen molar-refractivity contribution in [2.75, 3.05) is 10.8 Å². The number of hydrogen-bond acceptors (Lipinski definition) is 4. The SMILES string of the molecule is O=c1[nH]c2ccc(S(=O)(=O)N3CCc4ccccc43)cc2[nH]c1=O. The minimum atomic E-state index is -3.75. The molecule has 0 amide bonds. The minimum Gasteiger partial charge on any atom is -0.316 e. The maximum Gasteiger partial charge on any atom is 0.314 e. The van der Waals surface area contributed by atoms with Crippen LogP contribution in [0.2, 0.25) is 0 Å². The van der Waals surface area contributed by atoms with Crippen LogP contribution in [0.1, 0.15) is 5.56 Å². The maximum atomic E-state index is 13.0. The molecule has 0 radical (unpaired) electrons. The first-order valence-electron chi connectivity index (χ1n) is 7.34. The summed E-state index contributed by atoms with van der Waals surface area (Å²) in [6.07, 6.45) is 0.660. The average Bonchev–Trinajstić information content (AvgIpc) is 3.00. The molecule has 1 aromatic heterocycles. The maximum absolute atomic E-state index is 13.0. The quantitative estimate of drug-likeness (QED) is 0.677. The number of nitrogens with one attached hydrogen (secondary N) is 2.